The molecular formula is C20H23BrN8O2. The smallest absolute Gasteiger partial charge is 0.273 e. The van der Waals surface area contributed by atoms with Gasteiger partial charge in [-0.1, -0.05) is 22.9 Å². The summed E-state index contributed by atoms with van der Waals surface area (Å²) in [5, 5.41) is 14.7. The van der Waals surface area contributed by atoms with Gasteiger partial charge in [0.25, 0.3) is 5.91 Å². The summed E-state index contributed by atoms with van der Waals surface area (Å²) in [5.41, 5.74) is 12.6. The minimum absolute atomic E-state index is 0.0661. The summed E-state index contributed by atoms with van der Waals surface area (Å²) in [4.78, 5) is 27.8. The molecule has 0 saturated heterocycles. The zero-order chi connectivity index (χ0) is 22.1. The Morgan fingerprint density at radius 2 is 2.06 bits per heavy atom. The van der Waals surface area contributed by atoms with Gasteiger partial charge in [0, 0.05) is 22.1 Å². The van der Waals surface area contributed by atoms with E-state index >= 15 is 0 Å². The van der Waals surface area contributed by atoms with Crippen molar-refractivity contribution < 1.29 is 9.59 Å². The minimum atomic E-state index is -0.769. The molecule has 1 saturated carbocycles. The van der Waals surface area contributed by atoms with E-state index in [1.54, 1.807) is 6.92 Å². The average Bonchev–Trinajstić information content (AvgIpc) is 3.08. The molecule has 0 unspecified atom stereocenters. The van der Waals surface area contributed by atoms with E-state index in [2.05, 4.69) is 58.6 Å². The topological polar surface area (TPSA) is 154 Å². The predicted octanol–water partition coefficient (Wildman–Crippen LogP) is 2.83. The second kappa shape index (κ2) is 8.50. The second-order valence-electron chi connectivity index (χ2n) is 7.52. The quantitative estimate of drug-likeness (QED) is 0.381. The van der Waals surface area contributed by atoms with E-state index in [0.29, 0.717) is 12.5 Å². The Labute approximate surface area is 186 Å². The van der Waals surface area contributed by atoms with Crippen LogP contribution in [0.5, 0.6) is 0 Å². The van der Waals surface area contributed by atoms with Crippen LogP contribution in [0.2, 0.25) is 0 Å². The first-order valence-electron chi connectivity index (χ1n) is 10.0. The number of nitrogens with two attached hydrogens (primary N) is 2. The first kappa shape index (κ1) is 21.0. The van der Waals surface area contributed by atoms with Crippen LogP contribution in [0.15, 0.2) is 28.9 Å². The van der Waals surface area contributed by atoms with Gasteiger partial charge in [-0.25, -0.2) is 0 Å². The highest BCUT2D eigenvalue weighted by Crippen LogP contribution is 2.38. The van der Waals surface area contributed by atoms with Crippen LogP contribution in [-0.4, -0.2) is 37.6 Å². The SMILES string of the molecule is CC[C@@H](Nc1nnc(C(N)=O)c(Nc2cc(Br)cc3c2ccn3C2CCC2)n1)C(N)=O. The fourth-order valence-corrected chi connectivity index (χ4v) is 4.06. The molecule has 4 rings (SSSR count). The molecule has 1 atom stereocenters. The van der Waals surface area contributed by atoms with Crippen molar-refractivity contribution in [2.45, 2.75) is 44.7 Å². The largest absolute Gasteiger partial charge is 0.368 e. The van der Waals surface area contributed by atoms with Crippen molar-refractivity contribution in [1.82, 2.24) is 19.7 Å². The maximum atomic E-state index is 11.9. The lowest BCUT2D eigenvalue weighted by molar-refractivity contribution is -0.118. The number of aromatic nitrogens is 4. The number of hydrogen-bond acceptors (Lipinski definition) is 7. The normalized spacial score (nSPS) is 14.8. The zero-order valence-corrected chi connectivity index (χ0v) is 18.5. The molecule has 162 valence electrons. The molecule has 0 radical (unpaired) electrons. The van der Waals surface area contributed by atoms with Gasteiger partial charge in [0.2, 0.25) is 11.9 Å². The molecule has 6 N–H and O–H groups in total. The summed E-state index contributed by atoms with van der Waals surface area (Å²) in [5.74, 6) is -1.10. The molecule has 1 aliphatic rings. The second-order valence-corrected chi connectivity index (χ2v) is 8.44. The lowest BCUT2D eigenvalue weighted by Crippen LogP contribution is -2.35. The van der Waals surface area contributed by atoms with Gasteiger partial charge < -0.3 is 26.7 Å². The number of anilines is 3. The fraction of sp³-hybridized carbons (Fsp3) is 0.350. The number of amides is 2. The van der Waals surface area contributed by atoms with Gasteiger partial charge in [0.15, 0.2) is 11.5 Å². The average molecular weight is 487 g/mol. The Morgan fingerprint density at radius 3 is 2.68 bits per heavy atom. The zero-order valence-electron chi connectivity index (χ0n) is 16.9. The van der Waals surface area contributed by atoms with Crippen LogP contribution in [0.4, 0.5) is 17.5 Å². The lowest BCUT2D eigenvalue weighted by Gasteiger charge is -2.28. The molecule has 1 aromatic carbocycles. The number of carbonyl (C=O) groups excluding carboxylic acids is 2. The molecule has 0 bridgehead atoms. The summed E-state index contributed by atoms with van der Waals surface area (Å²) in [6.07, 6.45) is 6.07. The third kappa shape index (κ3) is 4.18. The van der Waals surface area contributed by atoms with Crippen LogP contribution >= 0.6 is 15.9 Å². The van der Waals surface area contributed by atoms with Crippen molar-refractivity contribution in [2.24, 2.45) is 11.5 Å². The molecule has 2 aromatic heterocycles. The van der Waals surface area contributed by atoms with Crippen LogP contribution < -0.4 is 22.1 Å². The van der Waals surface area contributed by atoms with E-state index in [1.807, 2.05) is 12.1 Å². The Balaban J connectivity index is 1.73. The summed E-state index contributed by atoms with van der Waals surface area (Å²) in [6.45, 7) is 1.80. The number of hydrogen-bond donors (Lipinski definition) is 4. The van der Waals surface area contributed by atoms with Crippen LogP contribution in [0.1, 0.15) is 49.1 Å². The minimum Gasteiger partial charge on any atom is -0.368 e. The molecule has 2 heterocycles. The first-order chi connectivity index (χ1) is 14.9. The molecule has 10 nitrogen and oxygen atoms in total. The highest BCUT2D eigenvalue weighted by molar-refractivity contribution is 9.10. The Bertz CT molecular complexity index is 1160. The molecule has 0 aliphatic heterocycles. The number of benzene rings is 1. The molecule has 1 aliphatic carbocycles. The molecule has 2 amide bonds. The lowest BCUT2D eigenvalue weighted by atomic mass is 9.93. The highest BCUT2D eigenvalue weighted by atomic mass is 79.9. The van der Waals surface area contributed by atoms with Crippen LogP contribution in [0.3, 0.4) is 0 Å². The number of carbonyl (C=O) groups is 2. The third-order valence-corrected chi connectivity index (χ3v) is 5.96. The van der Waals surface area contributed by atoms with Crippen molar-refractivity contribution in [2.75, 3.05) is 10.6 Å². The fourth-order valence-electron chi connectivity index (χ4n) is 3.61. The highest BCUT2D eigenvalue weighted by Gasteiger charge is 2.23. The van der Waals surface area contributed by atoms with Crippen molar-refractivity contribution in [1.29, 1.82) is 0 Å². The van der Waals surface area contributed by atoms with Gasteiger partial charge in [-0.05, 0) is 43.9 Å². The van der Waals surface area contributed by atoms with E-state index in [4.69, 9.17) is 11.5 Å². The predicted molar refractivity (Wildman–Crippen MR) is 121 cm³/mol. The summed E-state index contributed by atoms with van der Waals surface area (Å²) < 4.78 is 3.15. The summed E-state index contributed by atoms with van der Waals surface area (Å²) in [7, 11) is 0. The Hall–Kier alpha value is -3.21. The van der Waals surface area contributed by atoms with Gasteiger partial charge in [-0.3, -0.25) is 9.59 Å². The van der Waals surface area contributed by atoms with Gasteiger partial charge >= 0.3 is 0 Å². The van der Waals surface area contributed by atoms with E-state index in [0.717, 1.165) is 33.9 Å². The molecule has 11 heteroatoms. The number of rotatable bonds is 8. The summed E-state index contributed by atoms with van der Waals surface area (Å²) in [6, 6.07) is 5.82. The number of halogens is 1. The van der Waals surface area contributed by atoms with Crippen LogP contribution in [0.25, 0.3) is 10.9 Å². The van der Waals surface area contributed by atoms with Crippen LogP contribution in [0, 0.1) is 0 Å². The van der Waals surface area contributed by atoms with E-state index in [-0.39, 0.29) is 17.5 Å². The van der Waals surface area contributed by atoms with Gasteiger partial charge in [0.05, 0.1) is 11.2 Å². The molecule has 3 aromatic rings. The van der Waals surface area contributed by atoms with Crippen molar-refractivity contribution in [3.8, 4) is 0 Å². The Kier molecular flexibility index (Phi) is 5.77. The van der Waals surface area contributed by atoms with Crippen molar-refractivity contribution >= 4 is 56.1 Å². The van der Waals surface area contributed by atoms with Gasteiger partial charge in [-0.15, -0.1) is 10.2 Å². The first-order valence-corrected chi connectivity index (χ1v) is 10.8. The standard InChI is InChI=1S/C20H23BrN8O2/c1-2-13(17(22)30)25-20-26-19(16(18(23)31)27-28-20)24-14-8-10(21)9-15-12(14)6-7-29(15)11-4-3-5-11/h6-9,11,13H,2-5H2,1H3,(H2,22,30)(H2,23,31)(H2,24,25,26,28)/t13-/m1/s1. The molecular weight excluding hydrogens is 464 g/mol. The number of nitrogens with zero attached hydrogens (tertiary/aromatic N) is 4. The Morgan fingerprint density at radius 1 is 1.29 bits per heavy atom. The maximum absolute atomic E-state index is 11.9. The third-order valence-electron chi connectivity index (χ3n) is 5.50. The van der Waals surface area contributed by atoms with Gasteiger partial charge in [0.1, 0.15) is 6.04 Å². The van der Waals surface area contributed by atoms with Crippen molar-refractivity contribution in [3.05, 3.63) is 34.6 Å². The van der Waals surface area contributed by atoms with E-state index in [9.17, 15) is 9.59 Å². The summed E-state index contributed by atoms with van der Waals surface area (Å²) >= 11 is 3.57. The molecule has 31 heavy (non-hydrogen) atoms. The van der Waals surface area contributed by atoms with E-state index < -0.39 is 17.9 Å². The maximum Gasteiger partial charge on any atom is 0.273 e. The number of nitrogens with one attached hydrogen (secondary N) is 2. The number of primary amides is 2. The monoisotopic (exact) mass is 486 g/mol. The molecule has 1 fully saturated rings. The number of fused-ring (bicyclic) bond motifs is 1. The van der Waals surface area contributed by atoms with Gasteiger partial charge in [-0.2, -0.15) is 4.98 Å². The van der Waals surface area contributed by atoms with Crippen LogP contribution in [-0.2, 0) is 4.79 Å². The van der Waals surface area contributed by atoms with E-state index in [1.165, 1.54) is 6.42 Å². The molecule has 0 spiro atoms. The van der Waals surface area contributed by atoms with Crippen molar-refractivity contribution in [3.63, 3.8) is 0 Å².